The standard InChI is InChI=1S/C14H24N8O2/c1-5-14(23,12-16-18-20-22(12)13(2,3)4)24-9-8-11-15-17-19-21(11)10-6-7-10/h10,23H,5-9H2,1-4H3. The van der Waals surface area contributed by atoms with Crippen LogP contribution >= 0.6 is 0 Å². The van der Waals surface area contributed by atoms with Crippen LogP contribution < -0.4 is 0 Å². The molecule has 0 amide bonds. The fourth-order valence-corrected chi connectivity index (χ4v) is 2.50. The van der Waals surface area contributed by atoms with Crippen molar-refractivity contribution in [3.8, 4) is 0 Å². The molecule has 0 aliphatic heterocycles. The maximum absolute atomic E-state index is 10.9. The highest BCUT2D eigenvalue weighted by Crippen LogP contribution is 2.34. The van der Waals surface area contributed by atoms with Crippen molar-refractivity contribution in [3.05, 3.63) is 11.6 Å². The lowest BCUT2D eigenvalue weighted by atomic mass is 10.1. The van der Waals surface area contributed by atoms with E-state index >= 15 is 0 Å². The van der Waals surface area contributed by atoms with Gasteiger partial charge in [0.15, 0.2) is 5.82 Å². The van der Waals surface area contributed by atoms with E-state index in [1.807, 2.05) is 32.4 Å². The molecular formula is C14H24N8O2. The summed E-state index contributed by atoms with van der Waals surface area (Å²) in [7, 11) is 0. The lowest BCUT2D eigenvalue weighted by molar-refractivity contribution is -0.222. The van der Waals surface area contributed by atoms with Crippen LogP contribution in [0.2, 0.25) is 0 Å². The van der Waals surface area contributed by atoms with Crippen molar-refractivity contribution in [1.82, 2.24) is 40.4 Å². The van der Waals surface area contributed by atoms with Gasteiger partial charge in [-0.05, 0) is 54.5 Å². The molecule has 0 spiro atoms. The summed E-state index contributed by atoms with van der Waals surface area (Å²) in [6.07, 6.45) is 3.07. The Bertz CT molecular complexity index is 687. The molecule has 1 fully saturated rings. The summed E-state index contributed by atoms with van der Waals surface area (Å²) in [5, 5.41) is 34.3. The Labute approximate surface area is 140 Å². The van der Waals surface area contributed by atoms with E-state index in [0.29, 0.717) is 24.7 Å². The zero-order chi connectivity index (χ0) is 17.4. The maximum atomic E-state index is 10.9. The topological polar surface area (TPSA) is 117 Å². The van der Waals surface area contributed by atoms with Crippen LogP contribution in [0, 0.1) is 0 Å². The van der Waals surface area contributed by atoms with Gasteiger partial charge < -0.3 is 9.84 Å². The third-order valence-corrected chi connectivity index (χ3v) is 4.05. The van der Waals surface area contributed by atoms with Crippen LogP contribution in [0.15, 0.2) is 0 Å². The summed E-state index contributed by atoms with van der Waals surface area (Å²) in [5.41, 5.74) is -0.360. The van der Waals surface area contributed by atoms with Crippen molar-refractivity contribution < 1.29 is 9.84 Å². The molecule has 1 aliphatic rings. The van der Waals surface area contributed by atoms with Gasteiger partial charge in [-0.3, -0.25) is 0 Å². The van der Waals surface area contributed by atoms with Crippen molar-refractivity contribution in [1.29, 1.82) is 0 Å². The van der Waals surface area contributed by atoms with Crippen molar-refractivity contribution in [2.45, 2.75) is 70.7 Å². The van der Waals surface area contributed by atoms with Crippen molar-refractivity contribution >= 4 is 0 Å². The second-order valence-corrected chi connectivity index (χ2v) is 7.09. The zero-order valence-corrected chi connectivity index (χ0v) is 14.5. The number of aliphatic hydroxyl groups is 1. The van der Waals surface area contributed by atoms with E-state index in [1.165, 1.54) is 0 Å². The molecule has 2 aromatic rings. The smallest absolute Gasteiger partial charge is 0.229 e. The Morgan fingerprint density at radius 3 is 2.50 bits per heavy atom. The van der Waals surface area contributed by atoms with Gasteiger partial charge in [-0.15, -0.1) is 10.2 Å². The van der Waals surface area contributed by atoms with Gasteiger partial charge in [0.25, 0.3) is 0 Å². The summed E-state index contributed by atoms with van der Waals surface area (Å²) in [5.74, 6) is -0.472. The molecule has 10 heteroatoms. The Morgan fingerprint density at radius 1 is 1.17 bits per heavy atom. The number of ether oxygens (including phenoxy) is 1. The predicted molar refractivity (Wildman–Crippen MR) is 82.7 cm³/mol. The van der Waals surface area contributed by atoms with Gasteiger partial charge in [-0.25, -0.2) is 9.36 Å². The van der Waals surface area contributed by atoms with E-state index in [2.05, 4.69) is 31.1 Å². The van der Waals surface area contributed by atoms with Gasteiger partial charge in [0.05, 0.1) is 18.2 Å². The van der Waals surface area contributed by atoms with E-state index in [-0.39, 0.29) is 12.1 Å². The van der Waals surface area contributed by atoms with Gasteiger partial charge in [-0.1, -0.05) is 6.92 Å². The van der Waals surface area contributed by atoms with Crippen molar-refractivity contribution in [3.63, 3.8) is 0 Å². The number of aromatic nitrogens is 8. The lowest BCUT2D eigenvalue weighted by Gasteiger charge is -2.29. The first-order valence-electron chi connectivity index (χ1n) is 8.27. The molecule has 132 valence electrons. The molecule has 1 atom stereocenters. The highest BCUT2D eigenvalue weighted by atomic mass is 16.6. The first-order valence-corrected chi connectivity index (χ1v) is 8.27. The molecule has 0 bridgehead atoms. The highest BCUT2D eigenvalue weighted by Gasteiger charge is 2.38. The Balaban J connectivity index is 1.69. The van der Waals surface area contributed by atoms with Crippen LogP contribution in [-0.2, 0) is 22.5 Å². The monoisotopic (exact) mass is 336 g/mol. The van der Waals surface area contributed by atoms with Crippen molar-refractivity contribution in [2.24, 2.45) is 0 Å². The molecule has 0 saturated heterocycles. The minimum Gasteiger partial charge on any atom is -0.359 e. The average Bonchev–Trinajstić information content (AvgIpc) is 3.05. The normalized spacial score (nSPS) is 17.9. The Hall–Kier alpha value is -1.94. The fourth-order valence-electron chi connectivity index (χ4n) is 2.50. The van der Waals surface area contributed by atoms with E-state index < -0.39 is 5.79 Å². The fraction of sp³-hybridized carbons (Fsp3) is 0.857. The van der Waals surface area contributed by atoms with Crippen LogP contribution in [0.1, 0.15) is 64.6 Å². The first-order chi connectivity index (χ1) is 11.3. The largest absolute Gasteiger partial charge is 0.359 e. The second-order valence-electron chi connectivity index (χ2n) is 7.09. The van der Waals surface area contributed by atoms with E-state index in [9.17, 15) is 5.11 Å². The molecule has 2 aromatic heterocycles. The third-order valence-electron chi connectivity index (χ3n) is 4.05. The van der Waals surface area contributed by atoms with Crippen LogP contribution in [0.5, 0.6) is 0 Å². The second kappa shape index (κ2) is 6.17. The molecular weight excluding hydrogens is 312 g/mol. The zero-order valence-electron chi connectivity index (χ0n) is 14.5. The SMILES string of the molecule is CCC(O)(OCCc1nnnn1C1CC1)c1nnnn1C(C)(C)C. The number of nitrogens with zero attached hydrogens (tertiary/aromatic N) is 8. The van der Waals surface area contributed by atoms with Gasteiger partial charge in [0.2, 0.25) is 11.6 Å². The molecule has 1 saturated carbocycles. The quantitative estimate of drug-likeness (QED) is 0.729. The number of tetrazole rings is 2. The molecule has 2 heterocycles. The van der Waals surface area contributed by atoms with Gasteiger partial charge >= 0.3 is 0 Å². The van der Waals surface area contributed by atoms with Crippen LogP contribution in [0.25, 0.3) is 0 Å². The third kappa shape index (κ3) is 3.29. The summed E-state index contributed by atoms with van der Waals surface area (Å²) in [6.45, 7) is 8.00. The maximum Gasteiger partial charge on any atom is 0.229 e. The molecule has 24 heavy (non-hydrogen) atoms. The summed E-state index contributed by atoms with van der Waals surface area (Å²) >= 11 is 0. The average molecular weight is 336 g/mol. The number of rotatable bonds is 7. The highest BCUT2D eigenvalue weighted by molar-refractivity contribution is 4.97. The molecule has 1 aliphatic carbocycles. The van der Waals surface area contributed by atoms with E-state index in [1.54, 1.807) is 4.68 Å². The molecule has 3 rings (SSSR count). The van der Waals surface area contributed by atoms with Crippen LogP contribution in [-0.4, -0.2) is 52.1 Å². The summed E-state index contributed by atoms with van der Waals surface area (Å²) < 4.78 is 9.20. The molecule has 10 nitrogen and oxygen atoms in total. The first kappa shape index (κ1) is 16.9. The van der Waals surface area contributed by atoms with Gasteiger partial charge in [0.1, 0.15) is 0 Å². The van der Waals surface area contributed by atoms with Gasteiger partial charge in [-0.2, -0.15) is 0 Å². The number of hydrogen-bond donors (Lipinski definition) is 1. The predicted octanol–water partition coefficient (Wildman–Crippen LogP) is 0.564. The van der Waals surface area contributed by atoms with Gasteiger partial charge in [0, 0.05) is 12.8 Å². The minimum atomic E-state index is -1.55. The van der Waals surface area contributed by atoms with Crippen LogP contribution in [0.4, 0.5) is 0 Å². The Kier molecular flexibility index (Phi) is 4.35. The lowest BCUT2D eigenvalue weighted by Crippen LogP contribution is -2.37. The summed E-state index contributed by atoms with van der Waals surface area (Å²) in [6, 6.07) is 0.410. The minimum absolute atomic E-state index is 0.272. The van der Waals surface area contributed by atoms with E-state index in [4.69, 9.17) is 4.74 Å². The number of hydrogen-bond acceptors (Lipinski definition) is 8. The van der Waals surface area contributed by atoms with E-state index in [0.717, 1.165) is 18.7 Å². The molecule has 1 unspecified atom stereocenters. The Morgan fingerprint density at radius 2 is 1.88 bits per heavy atom. The molecule has 0 radical (unpaired) electrons. The molecule has 1 N–H and O–H groups in total. The van der Waals surface area contributed by atoms with Crippen molar-refractivity contribution in [2.75, 3.05) is 6.61 Å². The molecule has 0 aromatic carbocycles. The van der Waals surface area contributed by atoms with Crippen LogP contribution in [0.3, 0.4) is 0 Å². The summed E-state index contributed by atoms with van der Waals surface area (Å²) in [4.78, 5) is 0.